The Morgan fingerprint density at radius 2 is 2.24 bits per heavy atom. The monoisotopic (exact) mass is 234 g/mol. The molecule has 1 aromatic heterocycles. The molecular weight excluding hydrogens is 212 g/mol. The number of nitrogens with zero attached hydrogens (tertiary/aromatic N) is 1. The smallest absolute Gasteiger partial charge is 0.0576 e. The van der Waals surface area contributed by atoms with Gasteiger partial charge in [0.05, 0.1) is 6.10 Å². The zero-order valence-corrected chi connectivity index (χ0v) is 10.5. The van der Waals surface area contributed by atoms with Crippen LogP contribution in [0.5, 0.6) is 0 Å². The Hall–Kier alpha value is -0.930. The van der Waals surface area contributed by atoms with E-state index in [1.165, 1.54) is 18.4 Å². The molecular formula is C14H22N2O. The molecule has 0 bridgehead atoms. The number of hydrogen-bond acceptors (Lipinski definition) is 3. The minimum absolute atomic E-state index is 0.210. The van der Waals surface area contributed by atoms with E-state index in [2.05, 4.69) is 24.0 Å². The van der Waals surface area contributed by atoms with Crippen LogP contribution in [0.4, 0.5) is 0 Å². The van der Waals surface area contributed by atoms with Crippen molar-refractivity contribution in [2.45, 2.75) is 50.7 Å². The van der Waals surface area contributed by atoms with Gasteiger partial charge in [-0.15, -0.1) is 0 Å². The Balaban J connectivity index is 1.80. The van der Waals surface area contributed by atoms with Gasteiger partial charge in [-0.2, -0.15) is 0 Å². The van der Waals surface area contributed by atoms with Crippen LogP contribution in [-0.4, -0.2) is 23.7 Å². The standard InChI is InChI=1S/C14H22N2O/c1-11(12-6-8-16-9-7-12)14(15)5-4-13-3-2-10-17-13/h6-9,11,13-14H,2-5,10,15H2,1H3. The highest BCUT2D eigenvalue weighted by molar-refractivity contribution is 5.16. The molecule has 0 spiro atoms. The maximum Gasteiger partial charge on any atom is 0.0576 e. The molecule has 0 aliphatic carbocycles. The number of hydrogen-bond donors (Lipinski definition) is 1. The first-order chi connectivity index (χ1) is 8.27. The maximum absolute atomic E-state index is 6.25. The lowest BCUT2D eigenvalue weighted by molar-refractivity contribution is 0.100. The Morgan fingerprint density at radius 1 is 1.47 bits per heavy atom. The van der Waals surface area contributed by atoms with E-state index in [-0.39, 0.29) is 6.04 Å². The van der Waals surface area contributed by atoms with E-state index in [1.54, 1.807) is 0 Å². The molecule has 2 rings (SSSR count). The normalized spacial score (nSPS) is 23.5. The number of aromatic nitrogens is 1. The van der Waals surface area contributed by atoms with E-state index >= 15 is 0 Å². The summed E-state index contributed by atoms with van der Waals surface area (Å²) in [5.74, 6) is 0.388. The molecule has 0 saturated carbocycles. The molecule has 0 radical (unpaired) electrons. The molecule has 2 N–H and O–H groups in total. The lowest BCUT2D eigenvalue weighted by atomic mass is 9.91. The van der Waals surface area contributed by atoms with Crippen molar-refractivity contribution in [3.8, 4) is 0 Å². The third-order valence-corrected chi connectivity index (χ3v) is 3.72. The SMILES string of the molecule is CC(c1ccncc1)C(N)CCC1CCCO1. The zero-order valence-electron chi connectivity index (χ0n) is 10.5. The molecule has 1 fully saturated rings. The summed E-state index contributed by atoms with van der Waals surface area (Å²) in [6, 6.07) is 4.31. The average molecular weight is 234 g/mol. The van der Waals surface area contributed by atoms with E-state index in [1.807, 2.05) is 12.4 Å². The minimum atomic E-state index is 0.210. The number of ether oxygens (including phenoxy) is 1. The third kappa shape index (κ3) is 3.51. The van der Waals surface area contributed by atoms with Gasteiger partial charge in [0.15, 0.2) is 0 Å². The Bertz CT molecular complexity index is 322. The van der Waals surface area contributed by atoms with Crippen LogP contribution < -0.4 is 5.73 Å². The quantitative estimate of drug-likeness (QED) is 0.851. The fourth-order valence-electron chi connectivity index (χ4n) is 2.41. The summed E-state index contributed by atoms with van der Waals surface area (Å²) < 4.78 is 5.62. The molecule has 0 aromatic carbocycles. The minimum Gasteiger partial charge on any atom is -0.378 e. The summed E-state index contributed by atoms with van der Waals surface area (Å²) in [6.07, 6.45) is 8.66. The molecule has 1 saturated heterocycles. The Morgan fingerprint density at radius 3 is 2.88 bits per heavy atom. The van der Waals surface area contributed by atoms with Crippen LogP contribution in [0.1, 0.15) is 44.1 Å². The molecule has 3 atom stereocenters. The van der Waals surface area contributed by atoms with Crippen molar-refractivity contribution in [3.63, 3.8) is 0 Å². The second kappa shape index (κ2) is 6.12. The van der Waals surface area contributed by atoms with E-state index < -0.39 is 0 Å². The van der Waals surface area contributed by atoms with Crippen LogP contribution in [0, 0.1) is 0 Å². The van der Waals surface area contributed by atoms with Crippen molar-refractivity contribution in [1.82, 2.24) is 4.98 Å². The maximum atomic E-state index is 6.25. The summed E-state index contributed by atoms with van der Waals surface area (Å²) in [5, 5.41) is 0. The molecule has 0 amide bonds. The number of nitrogens with two attached hydrogens (primary N) is 1. The molecule has 3 unspecified atom stereocenters. The molecule has 3 nitrogen and oxygen atoms in total. The van der Waals surface area contributed by atoms with E-state index in [0.717, 1.165) is 19.4 Å². The summed E-state index contributed by atoms with van der Waals surface area (Å²) >= 11 is 0. The molecule has 1 aromatic rings. The lowest BCUT2D eigenvalue weighted by Crippen LogP contribution is -2.28. The van der Waals surface area contributed by atoms with Gasteiger partial charge in [0, 0.05) is 25.0 Å². The summed E-state index contributed by atoms with van der Waals surface area (Å²) in [4.78, 5) is 4.04. The van der Waals surface area contributed by atoms with Crippen LogP contribution in [0.15, 0.2) is 24.5 Å². The third-order valence-electron chi connectivity index (χ3n) is 3.72. The zero-order chi connectivity index (χ0) is 12.1. The molecule has 1 aliphatic rings. The number of rotatable bonds is 5. The first-order valence-electron chi connectivity index (χ1n) is 6.54. The van der Waals surface area contributed by atoms with Gasteiger partial charge in [-0.3, -0.25) is 4.98 Å². The molecule has 17 heavy (non-hydrogen) atoms. The largest absolute Gasteiger partial charge is 0.378 e. The lowest BCUT2D eigenvalue weighted by Gasteiger charge is -2.21. The highest BCUT2D eigenvalue weighted by Gasteiger charge is 2.19. The highest BCUT2D eigenvalue weighted by atomic mass is 16.5. The van der Waals surface area contributed by atoms with Gasteiger partial charge < -0.3 is 10.5 Å². The van der Waals surface area contributed by atoms with Gasteiger partial charge >= 0.3 is 0 Å². The Labute approximate surface area is 103 Å². The predicted octanol–water partition coefficient (Wildman–Crippen LogP) is 2.47. The molecule has 2 heterocycles. The molecule has 3 heteroatoms. The molecule has 94 valence electrons. The Kier molecular flexibility index (Phi) is 4.51. The van der Waals surface area contributed by atoms with Gasteiger partial charge in [-0.05, 0) is 49.3 Å². The number of pyridine rings is 1. The van der Waals surface area contributed by atoms with E-state index in [4.69, 9.17) is 10.5 Å². The van der Waals surface area contributed by atoms with Gasteiger partial charge in [-0.25, -0.2) is 0 Å². The molecule has 1 aliphatic heterocycles. The predicted molar refractivity (Wildman–Crippen MR) is 68.8 cm³/mol. The highest BCUT2D eigenvalue weighted by Crippen LogP contribution is 2.23. The van der Waals surface area contributed by atoms with Gasteiger partial charge in [0.25, 0.3) is 0 Å². The van der Waals surface area contributed by atoms with Crippen LogP contribution in [0.3, 0.4) is 0 Å². The van der Waals surface area contributed by atoms with Crippen LogP contribution >= 0.6 is 0 Å². The first kappa shape index (κ1) is 12.5. The van der Waals surface area contributed by atoms with Gasteiger partial charge in [0.2, 0.25) is 0 Å². The summed E-state index contributed by atoms with van der Waals surface area (Å²) in [6.45, 7) is 3.12. The topological polar surface area (TPSA) is 48.1 Å². The van der Waals surface area contributed by atoms with Crippen LogP contribution in [0.2, 0.25) is 0 Å². The van der Waals surface area contributed by atoms with E-state index in [9.17, 15) is 0 Å². The van der Waals surface area contributed by atoms with E-state index in [0.29, 0.717) is 12.0 Å². The average Bonchev–Trinajstić information content (AvgIpc) is 2.89. The fraction of sp³-hybridized carbons (Fsp3) is 0.643. The van der Waals surface area contributed by atoms with Crippen LogP contribution in [0.25, 0.3) is 0 Å². The first-order valence-corrected chi connectivity index (χ1v) is 6.54. The van der Waals surface area contributed by atoms with Crippen LogP contribution in [-0.2, 0) is 4.74 Å². The van der Waals surface area contributed by atoms with Crippen molar-refractivity contribution in [2.24, 2.45) is 5.73 Å². The summed E-state index contributed by atoms with van der Waals surface area (Å²) in [5.41, 5.74) is 7.53. The second-order valence-electron chi connectivity index (χ2n) is 4.95. The van der Waals surface area contributed by atoms with Crippen molar-refractivity contribution in [3.05, 3.63) is 30.1 Å². The van der Waals surface area contributed by atoms with Crippen molar-refractivity contribution >= 4 is 0 Å². The van der Waals surface area contributed by atoms with Gasteiger partial charge in [-0.1, -0.05) is 6.92 Å². The second-order valence-corrected chi connectivity index (χ2v) is 4.95. The van der Waals surface area contributed by atoms with Gasteiger partial charge in [0.1, 0.15) is 0 Å². The fourth-order valence-corrected chi connectivity index (χ4v) is 2.41. The summed E-state index contributed by atoms with van der Waals surface area (Å²) in [7, 11) is 0. The van der Waals surface area contributed by atoms with Crippen molar-refractivity contribution in [2.75, 3.05) is 6.61 Å². The van der Waals surface area contributed by atoms with Crippen molar-refractivity contribution in [1.29, 1.82) is 0 Å². The van der Waals surface area contributed by atoms with Crippen molar-refractivity contribution < 1.29 is 4.74 Å².